The normalized spacial score (nSPS) is 17.6. The van der Waals surface area contributed by atoms with Crippen LogP contribution in [0.4, 0.5) is 0 Å². The van der Waals surface area contributed by atoms with Gasteiger partial charge in [-0.15, -0.1) is 11.3 Å². The lowest BCUT2D eigenvalue weighted by atomic mass is 9.93. The van der Waals surface area contributed by atoms with Crippen molar-refractivity contribution < 1.29 is 9.59 Å². The highest BCUT2D eigenvalue weighted by Gasteiger charge is 2.29. The minimum absolute atomic E-state index is 0.0780. The zero-order chi connectivity index (χ0) is 19.7. The fraction of sp³-hybridized carbons (Fsp3) is 0.500. The molecule has 2 aromatic rings. The van der Waals surface area contributed by atoms with Gasteiger partial charge in [-0.25, -0.2) is 4.98 Å². The van der Waals surface area contributed by atoms with E-state index in [1.54, 1.807) is 0 Å². The summed E-state index contributed by atoms with van der Waals surface area (Å²) in [6.07, 6.45) is 4.63. The van der Waals surface area contributed by atoms with Gasteiger partial charge in [0.1, 0.15) is 9.88 Å². The van der Waals surface area contributed by atoms with Crippen LogP contribution in [0, 0.1) is 19.8 Å². The summed E-state index contributed by atoms with van der Waals surface area (Å²) in [5.74, 6) is 0.635. The molecular weight excluding hydrogens is 370 g/mol. The predicted octanol–water partition coefficient (Wildman–Crippen LogP) is 3.95. The molecule has 4 rings (SSSR count). The smallest absolute Gasteiger partial charge is 0.265 e. The van der Waals surface area contributed by atoms with Gasteiger partial charge in [-0.2, -0.15) is 0 Å². The lowest BCUT2D eigenvalue weighted by Crippen LogP contribution is -2.39. The maximum Gasteiger partial charge on any atom is 0.265 e. The third-order valence-corrected chi connectivity index (χ3v) is 6.80. The number of aromatic nitrogens is 1. The van der Waals surface area contributed by atoms with Crippen LogP contribution >= 0.6 is 11.3 Å². The Morgan fingerprint density at radius 3 is 2.43 bits per heavy atom. The van der Waals surface area contributed by atoms with E-state index in [4.69, 9.17) is 0 Å². The standard InChI is InChI=1S/C22H27N3O2S/c1-14-3-5-17(6-4-14)21-23-15(2)20(28-21)22(27)25-11-9-16(10-12-25)13-19(26)24-18-7-8-18/h3-6,16,18H,7-13H2,1-2H3,(H,24,26). The number of hydrogen-bond acceptors (Lipinski definition) is 4. The molecule has 0 bridgehead atoms. The summed E-state index contributed by atoms with van der Waals surface area (Å²) in [7, 11) is 0. The van der Waals surface area contributed by atoms with Crippen LogP contribution in [0.1, 0.15) is 53.0 Å². The number of rotatable bonds is 5. The van der Waals surface area contributed by atoms with Gasteiger partial charge in [0.2, 0.25) is 5.91 Å². The highest BCUT2D eigenvalue weighted by atomic mass is 32.1. The summed E-state index contributed by atoms with van der Waals surface area (Å²) in [4.78, 5) is 32.3. The molecule has 2 heterocycles. The zero-order valence-electron chi connectivity index (χ0n) is 16.5. The molecule has 0 radical (unpaired) electrons. The number of likely N-dealkylation sites (tertiary alicyclic amines) is 1. The molecule has 1 aromatic heterocycles. The summed E-state index contributed by atoms with van der Waals surface area (Å²) in [6, 6.07) is 8.67. The van der Waals surface area contributed by atoms with Crippen LogP contribution < -0.4 is 5.32 Å². The van der Waals surface area contributed by atoms with E-state index in [1.807, 2.05) is 11.8 Å². The Morgan fingerprint density at radius 2 is 1.79 bits per heavy atom. The summed E-state index contributed by atoms with van der Waals surface area (Å²) >= 11 is 1.48. The van der Waals surface area contributed by atoms with Crippen molar-refractivity contribution in [2.24, 2.45) is 5.92 Å². The minimum atomic E-state index is 0.0780. The molecule has 1 saturated heterocycles. The lowest BCUT2D eigenvalue weighted by molar-refractivity contribution is -0.122. The first-order valence-electron chi connectivity index (χ1n) is 10.1. The van der Waals surface area contributed by atoms with Gasteiger partial charge in [0.15, 0.2) is 0 Å². The highest BCUT2D eigenvalue weighted by molar-refractivity contribution is 7.17. The van der Waals surface area contributed by atoms with E-state index in [9.17, 15) is 9.59 Å². The number of benzene rings is 1. The summed E-state index contributed by atoms with van der Waals surface area (Å²) < 4.78 is 0. The maximum atomic E-state index is 13.0. The fourth-order valence-corrected chi connectivity index (χ4v) is 4.71. The van der Waals surface area contributed by atoms with Crippen molar-refractivity contribution in [3.8, 4) is 10.6 Å². The van der Waals surface area contributed by atoms with Gasteiger partial charge in [-0.1, -0.05) is 29.8 Å². The molecule has 0 atom stereocenters. The number of piperidine rings is 1. The number of carbonyl (C=O) groups is 2. The van der Waals surface area contributed by atoms with Crippen molar-refractivity contribution in [2.45, 2.75) is 52.0 Å². The van der Waals surface area contributed by atoms with E-state index in [1.165, 1.54) is 16.9 Å². The first-order valence-corrected chi connectivity index (χ1v) is 10.9. The molecule has 6 heteroatoms. The van der Waals surface area contributed by atoms with E-state index in [2.05, 4.69) is 41.5 Å². The second-order valence-electron chi connectivity index (χ2n) is 8.08. The summed E-state index contributed by atoms with van der Waals surface area (Å²) in [5.41, 5.74) is 3.07. The van der Waals surface area contributed by atoms with Gasteiger partial charge >= 0.3 is 0 Å². The first kappa shape index (κ1) is 19.1. The molecule has 1 saturated carbocycles. The fourth-order valence-electron chi connectivity index (χ4n) is 3.67. The van der Waals surface area contributed by atoms with Crippen LogP contribution in [0.25, 0.3) is 10.6 Å². The Balaban J connectivity index is 1.36. The molecule has 0 unspecified atom stereocenters. The van der Waals surface area contributed by atoms with E-state index >= 15 is 0 Å². The number of nitrogens with zero attached hydrogens (tertiary/aromatic N) is 2. The van der Waals surface area contributed by atoms with E-state index in [0.717, 1.165) is 59.9 Å². The molecule has 2 aliphatic rings. The first-order chi connectivity index (χ1) is 13.5. The summed E-state index contributed by atoms with van der Waals surface area (Å²) in [5, 5.41) is 3.96. The molecule has 2 amide bonds. The summed E-state index contributed by atoms with van der Waals surface area (Å²) in [6.45, 7) is 5.41. The Kier molecular flexibility index (Phi) is 5.49. The van der Waals surface area contributed by atoms with E-state index < -0.39 is 0 Å². The Morgan fingerprint density at radius 1 is 1.11 bits per heavy atom. The SMILES string of the molecule is Cc1ccc(-c2nc(C)c(C(=O)N3CCC(CC(=O)NC4CC4)CC3)s2)cc1. The third-order valence-electron chi connectivity index (χ3n) is 5.61. The highest BCUT2D eigenvalue weighted by Crippen LogP contribution is 2.30. The van der Waals surface area contributed by atoms with E-state index in [-0.39, 0.29) is 11.8 Å². The second kappa shape index (κ2) is 8.03. The average molecular weight is 398 g/mol. The molecule has 1 aromatic carbocycles. The number of nitrogens with one attached hydrogen (secondary N) is 1. The molecule has 2 fully saturated rings. The zero-order valence-corrected chi connectivity index (χ0v) is 17.3. The van der Waals surface area contributed by atoms with Crippen LogP contribution in [-0.2, 0) is 4.79 Å². The number of thiazole rings is 1. The molecule has 0 spiro atoms. The monoisotopic (exact) mass is 397 g/mol. The van der Waals surface area contributed by atoms with Gasteiger partial charge in [-0.05, 0) is 45.4 Å². The topological polar surface area (TPSA) is 62.3 Å². The van der Waals surface area contributed by atoms with Crippen LogP contribution in [0.5, 0.6) is 0 Å². The van der Waals surface area contributed by atoms with Gasteiger partial charge in [-0.3, -0.25) is 9.59 Å². The average Bonchev–Trinajstić information content (AvgIpc) is 3.41. The van der Waals surface area contributed by atoms with Crippen LogP contribution in [0.2, 0.25) is 0 Å². The molecular formula is C22H27N3O2S. The molecule has 148 valence electrons. The number of amides is 2. The molecule has 1 aliphatic carbocycles. The van der Waals surface area contributed by atoms with Crippen molar-refractivity contribution in [2.75, 3.05) is 13.1 Å². The number of aryl methyl sites for hydroxylation is 2. The van der Waals surface area contributed by atoms with Gasteiger partial charge in [0, 0.05) is 31.1 Å². The molecule has 1 aliphatic heterocycles. The molecule has 28 heavy (non-hydrogen) atoms. The van der Waals surface area contributed by atoms with Crippen LogP contribution in [-0.4, -0.2) is 40.8 Å². The second-order valence-corrected chi connectivity index (χ2v) is 9.08. The quantitative estimate of drug-likeness (QED) is 0.831. The largest absolute Gasteiger partial charge is 0.353 e. The van der Waals surface area contributed by atoms with Crippen molar-refractivity contribution in [3.05, 3.63) is 40.4 Å². The lowest BCUT2D eigenvalue weighted by Gasteiger charge is -2.31. The van der Waals surface area contributed by atoms with Crippen molar-refractivity contribution in [3.63, 3.8) is 0 Å². The van der Waals surface area contributed by atoms with E-state index in [0.29, 0.717) is 18.4 Å². The van der Waals surface area contributed by atoms with Crippen LogP contribution in [0.3, 0.4) is 0 Å². The minimum Gasteiger partial charge on any atom is -0.353 e. The number of carbonyl (C=O) groups excluding carboxylic acids is 2. The Bertz CT molecular complexity index is 862. The molecule has 1 N–H and O–H groups in total. The van der Waals surface area contributed by atoms with Crippen LogP contribution in [0.15, 0.2) is 24.3 Å². The van der Waals surface area contributed by atoms with Gasteiger partial charge in [0.25, 0.3) is 5.91 Å². The Labute approximate surface area is 170 Å². The van der Waals surface area contributed by atoms with Crippen molar-refractivity contribution >= 4 is 23.2 Å². The Hall–Kier alpha value is -2.21. The van der Waals surface area contributed by atoms with Crippen molar-refractivity contribution in [1.82, 2.24) is 15.2 Å². The molecule has 5 nitrogen and oxygen atoms in total. The van der Waals surface area contributed by atoms with Crippen molar-refractivity contribution in [1.29, 1.82) is 0 Å². The number of hydrogen-bond donors (Lipinski definition) is 1. The van der Waals surface area contributed by atoms with Gasteiger partial charge < -0.3 is 10.2 Å². The van der Waals surface area contributed by atoms with Gasteiger partial charge in [0.05, 0.1) is 5.69 Å². The maximum absolute atomic E-state index is 13.0. The third kappa shape index (κ3) is 4.43. The predicted molar refractivity (Wildman–Crippen MR) is 111 cm³/mol.